The maximum atomic E-state index is 12.8. The Morgan fingerprint density at radius 2 is 1.95 bits per heavy atom. The molecule has 2 aromatic heterocycles. The molecule has 0 spiro atoms. The van der Waals surface area contributed by atoms with Crippen LogP contribution in [0.5, 0.6) is 11.6 Å². The summed E-state index contributed by atoms with van der Waals surface area (Å²) in [6.45, 7) is 7.04. The summed E-state index contributed by atoms with van der Waals surface area (Å²) in [5, 5.41) is 6.86. The molecular formula is C31H33ClN6O4S. The van der Waals surface area contributed by atoms with E-state index in [2.05, 4.69) is 20.6 Å². The summed E-state index contributed by atoms with van der Waals surface area (Å²) >= 11 is 7.60. The van der Waals surface area contributed by atoms with E-state index in [4.69, 9.17) is 26.1 Å². The summed E-state index contributed by atoms with van der Waals surface area (Å²) in [4.78, 5) is 41.3. The van der Waals surface area contributed by atoms with Crippen molar-refractivity contribution in [3.63, 3.8) is 0 Å². The first-order chi connectivity index (χ1) is 20.6. The summed E-state index contributed by atoms with van der Waals surface area (Å²) < 4.78 is 11.6. The fourth-order valence-electron chi connectivity index (χ4n) is 4.53. The number of carbonyl (C=O) groups excluding carboxylic acids is 2. The van der Waals surface area contributed by atoms with Crippen molar-refractivity contribution in [1.82, 2.24) is 25.2 Å². The Morgan fingerprint density at radius 3 is 2.77 bits per heavy atom. The number of likely N-dealkylation sites (tertiary alicyclic amines) is 1. The van der Waals surface area contributed by atoms with Gasteiger partial charge in [0.1, 0.15) is 16.2 Å². The molecule has 2 N–H and O–H groups in total. The predicted molar refractivity (Wildman–Crippen MR) is 167 cm³/mol. The number of rotatable bonds is 8. The molecule has 0 aliphatic carbocycles. The predicted octanol–water partition coefficient (Wildman–Crippen LogP) is 6.79. The molecule has 0 radical (unpaired) electrons. The normalized spacial score (nSPS) is 15.1. The van der Waals surface area contributed by atoms with E-state index in [0.717, 1.165) is 23.3 Å². The minimum Gasteiger partial charge on any atom is -0.444 e. The van der Waals surface area contributed by atoms with Crippen LogP contribution in [-0.2, 0) is 11.3 Å². The first kappa shape index (κ1) is 30.2. The van der Waals surface area contributed by atoms with Crippen LogP contribution in [0.1, 0.15) is 49.5 Å². The highest BCUT2D eigenvalue weighted by Crippen LogP contribution is 2.35. The standard InChI is InChI=1S/C31H33ClN6O4S/c1-31(2,3)42-30(40)38-15-7-10-22(18-38)36-29-33-14-13-25(37-29)26-28(35-19-43-26)41-23-11-6-9-20(16-23)27(39)34-17-21-8-4-5-12-24(21)32/h4-6,8-9,11-14,16,19,22H,7,10,15,17-18H2,1-3H3,(H,34,39)(H,33,36,37)/t22-/m0/s1. The number of thiazole rings is 1. The van der Waals surface area contributed by atoms with Gasteiger partial charge in [0.2, 0.25) is 11.8 Å². The third kappa shape index (κ3) is 8.20. The Bertz CT molecular complexity index is 1590. The van der Waals surface area contributed by atoms with Gasteiger partial charge in [-0.25, -0.2) is 19.7 Å². The van der Waals surface area contributed by atoms with Gasteiger partial charge in [0.05, 0.1) is 11.2 Å². The highest BCUT2D eigenvalue weighted by atomic mass is 35.5. The quantitative estimate of drug-likeness (QED) is 0.221. The van der Waals surface area contributed by atoms with Gasteiger partial charge in [-0.3, -0.25) is 4.79 Å². The summed E-state index contributed by atoms with van der Waals surface area (Å²) in [6, 6.07) is 16.1. The number of benzene rings is 2. The minimum atomic E-state index is -0.547. The van der Waals surface area contributed by atoms with E-state index in [1.165, 1.54) is 11.3 Å². The smallest absolute Gasteiger partial charge is 0.410 e. The van der Waals surface area contributed by atoms with Crippen molar-refractivity contribution >= 4 is 40.9 Å². The van der Waals surface area contributed by atoms with Crippen LogP contribution in [0.3, 0.4) is 0 Å². The summed E-state index contributed by atoms with van der Waals surface area (Å²) in [5.74, 6) is 1.04. The number of amides is 2. The molecule has 10 nitrogen and oxygen atoms in total. The summed E-state index contributed by atoms with van der Waals surface area (Å²) in [5.41, 5.74) is 3.06. The zero-order valence-electron chi connectivity index (χ0n) is 24.2. The second-order valence-electron chi connectivity index (χ2n) is 11.1. The number of halogens is 1. The van der Waals surface area contributed by atoms with Crippen LogP contribution in [0.25, 0.3) is 10.6 Å². The third-order valence-electron chi connectivity index (χ3n) is 6.54. The Morgan fingerprint density at radius 1 is 1.12 bits per heavy atom. The first-order valence-corrected chi connectivity index (χ1v) is 15.2. The van der Waals surface area contributed by atoms with Crippen LogP contribution in [0.4, 0.5) is 10.7 Å². The number of ether oxygens (including phenoxy) is 2. The van der Waals surface area contributed by atoms with Crippen molar-refractivity contribution in [1.29, 1.82) is 0 Å². The van der Waals surface area contributed by atoms with Gasteiger partial charge in [0, 0.05) is 42.5 Å². The lowest BCUT2D eigenvalue weighted by molar-refractivity contribution is 0.0206. The molecule has 1 atom stereocenters. The maximum absolute atomic E-state index is 12.8. The van der Waals surface area contributed by atoms with Gasteiger partial charge in [0.15, 0.2) is 0 Å². The van der Waals surface area contributed by atoms with E-state index >= 15 is 0 Å². The lowest BCUT2D eigenvalue weighted by Gasteiger charge is -2.34. The van der Waals surface area contributed by atoms with Crippen LogP contribution >= 0.6 is 22.9 Å². The molecule has 0 bridgehead atoms. The molecule has 2 amide bonds. The highest BCUT2D eigenvalue weighted by molar-refractivity contribution is 7.13. The van der Waals surface area contributed by atoms with Crippen molar-refractivity contribution < 1.29 is 19.1 Å². The maximum Gasteiger partial charge on any atom is 0.410 e. The lowest BCUT2D eigenvalue weighted by atomic mass is 10.1. The van der Waals surface area contributed by atoms with Gasteiger partial charge >= 0.3 is 6.09 Å². The molecule has 1 aliphatic rings. The van der Waals surface area contributed by atoms with Crippen LogP contribution in [0.15, 0.2) is 66.3 Å². The zero-order valence-corrected chi connectivity index (χ0v) is 25.7. The molecule has 5 rings (SSSR count). The number of nitrogens with one attached hydrogen (secondary N) is 2. The Balaban J connectivity index is 1.23. The van der Waals surface area contributed by atoms with Crippen molar-refractivity contribution in [3.05, 3.63) is 82.5 Å². The second kappa shape index (κ2) is 13.4. The molecule has 0 saturated carbocycles. The Kier molecular flexibility index (Phi) is 9.42. The Hall–Kier alpha value is -4.22. The van der Waals surface area contributed by atoms with Gasteiger partial charge in [-0.1, -0.05) is 35.9 Å². The monoisotopic (exact) mass is 620 g/mol. The fraction of sp³-hybridized carbons (Fsp3) is 0.323. The van der Waals surface area contributed by atoms with Gasteiger partial charge in [-0.05, 0) is 69.5 Å². The second-order valence-corrected chi connectivity index (χ2v) is 12.3. The van der Waals surface area contributed by atoms with Crippen LogP contribution in [-0.4, -0.2) is 56.6 Å². The van der Waals surface area contributed by atoms with Gasteiger partial charge < -0.3 is 25.0 Å². The zero-order chi connectivity index (χ0) is 30.4. The molecular weight excluding hydrogens is 588 g/mol. The summed E-state index contributed by atoms with van der Waals surface area (Å²) in [7, 11) is 0. The van der Waals surface area contributed by atoms with Gasteiger partial charge in [0.25, 0.3) is 5.91 Å². The fourth-order valence-corrected chi connectivity index (χ4v) is 5.42. The van der Waals surface area contributed by atoms with E-state index in [1.54, 1.807) is 53.0 Å². The van der Waals surface area contributed by atoms with E-state index in [1.807, 2.05) is 39.0 Å². The Labute approximate surface area is 259 Å². The third-order valence-corrected chi connectivity index (χ3v) is 7.74. The van der Waals surface area contributed by atoms with Crippen molar-refractivity contribution in [2.24, 2.45) is 0 Å². The average molecular weight is 621 g/mol. The summed E-state index contributed by atoms with van der Waals surface area (Å²) in [6.07, 6.45) is 3.08. The van der Waals surface area contributed by atoms with E-state index in [-0.39, 0.29) is 18.0 Å². The van der Waals surface area contributed by atoms with E-state index < -0.39 is 5.60 Å². The molecule has 43 heavy (non-hydrogen) atoms. The van der Waals surface area contributed by atoms with Crippen LogP contribution in [0, 0.1) is 0 Å². The van der Waals surface area contributed by atoms with E-state index in [9.17, 15) is 9.59 Å². The number of nitrogens with zero attached hydrogens (tertiary/aromatic N) is 4. The molecule has 4 aromatic rings. The molecule has 0 unspecified atom stereocenters. The van der Waals surface area contributed by atoms with Crippen molar-refractivity contribution in [2.75, 3.05) is 18.4 Å². The molecule has 2 aromatic carbocycles. The molecule has 3 heterocycles. The largest absolute Gasteiger partial charge is 0.444 e. The van der Waals surface area contributed by atoms with Crippen LogP contribution < -0.4 is 15.4 Å². The SMILES string of the molecule is CC(C)(C)OC(=O)N1CCC[C@H](Nc2nccc(-c3scnc3Oc3cccc(C(=O)NCc4ccccc4Cl)c3)n2)C1. The molecule has 12 heteroatoms. The van der Waals surface area contributed by atoms with Crippen molar-refractivity contribution in [3.8, 4) is 22.2 Å². The average Bonchev–Trinajstić information content (AvgIpc) is 3.44. The molecule has 1 aliphatic heterocycles. The minimum absolute atomic E-state index is 0.0134. The number of carbonyl (C=O) groups is 2. The number of hydrogen-bond donors (Lipinski definition) is 2. The number of anilines is 1. The van der Waals surface area contributed by atoms with Gasteiger partial charge in [-0.2, -0.15) is 0 Å². The lowest BCUT2D eigenvalue weighted by Crippen LogP contribution is -2.47. The first-order valence-electron chi connectivity index (χ1n) is 14.0. The van der Waals surface area contributed by atoms with Gasteiger partial charge in [-0.15, -0.1) is 11.3 Å². The number of aromatic nitrogens is 3. The molecule has 1 saturated heterocycles. The van der Waals surface area contributed by atoms with E-state index in [0.29, 0.717) is 53.5 Å². The number of hydrogen-bond acceptors (Lipinski definition) is 9. The molecule has 224 valence electrons. The topological polar surface area (TPSA) is 119 Å². The van der Waals surface area contributed by atoms with Crippen LogP contribution in [0.2, 0.25) is 5.02 Å². The van der Waals surface area contributed by atoms with Crippen molar-refractivity contribution in [2.45, 2.75) is 51.8 Å². The molecule has 1 fully saturated rings. The highest BCUT2D eigenvalue weighted by Gasteiger charge is 2.28. The number of piperidine rings is 1.